The summed E-state index contributed by atoms with van der Waals surface area (Å²) in [7, 11) is -3.50. The molecule has 0 radical (unpaired) electrons. The fraction of sp³-hybridized carbons (Fsp3) is 0.571. The molecule has 22 heavy (non-hydrogen) atoms. The number of piperazine rings is 1. The van der Waals surface area contributed by atoms with Gasteiger partial charge in [-0.05, 0) is 25.1 Å². The van der Waals surface area contributed by atoms with Crippen LogP contribution in [0.15, 0.2) is 23.1 Å². The van der Waals surface area contributed by atoms with Gasteiger partial charge in [0.2, 0.25) is 16.8 Å². The van der Waals surface area contributed by atoms with Gasteiger partial charge in [-0.25, -0.2) is 13.1 Å². The predicted octanol–water partition coefficient (Wildman–Crippen LogP) is -0.0111. The molecule has 0 aromatic heterocycles. The topological polar surface area (TPSA) is 79.9 Å². The monoisotopic (exact) mass is 327 g/mol. The Balaban J connectivity index is 1.50. The molecule has 0 aliphatic carbocycles. The van der Waals surface area contributed by atoms with Crippen molar-refractivity contribution in [3.05, 3.63) is 18.2 Å². The summed E-state index contributed by atoms with van der Waals surface area (Å²) >= 11 is 0. The van der Waals surface area contributed by atoms with Gasteiger partial charge in [0.1, 0.15) is 0 Å². The molecular weight excluding hydrogens is 306 g/mol. The maximum atomic E-state index is 12.3. The molecule has 8 heteroatoms. The summed E-state index contributed by atoms with van der Waals surface area (Å²) in [5, 5.41) is 3.30. The van der Waals surface area contributed by atoms with Gasteiger partial charge in [0.25, 0.3) is 0 Å². The normalized spacial score (nSPS) is 18.5. The van der Waals surface area contributed by atoms with Gasteiger partial charge in [-0.1, -0.05) is 0 Å². The zero-order valence-corrected chi connectivity index (χ0v) is 13.2. The van der Waals surface area contributed by atoms with Crippen LogP contribution in [0.3, 0.4) is 0 Å². The quantitative estimate of drug-likeness (QED) is 0.716. The lowest BCUT2D eigenvalue weighted by atomic mass is 10.3. The Labute approximate surface area is 130 Å². The highest BCUT2D eigenvalue weighted by molar-refractivity contribution is 7.89. The van der Waals surface area contributed by atoms with Crippen molar-refractivity contribution in [1.29, 1.82) is 0 Å². The summed E-state index contributed by atoms with van der Waals surface area (Å²) in [5.74, 6) is 1.06. The van der Waals surface area contributed by atoms with Crippen LogP contribution in [0.2, 0.25) is 0 Å². The number of hydrogen-bond donors (Lipinski definition) is 2. The fourth-order valence-corrected chi connectivity index (χ4v) is 3.66. The minimum atomic E-state index is -3.50. The second kappa shape index (κ2) is 6.82. The highest BCUT2D eigenvalue weighted by Gasteiger charge is 2.20. The summed E-state index contributed by atoms with van der Waals surface area (Å²) in [6, 6.07) is 4.66. The van der Waals surface area contributed by atoms with E-state index >= 15 is 0 Å². The first-order chi connectivity index (χ1) is 10.6. The molecule has 2 N–H and O–H groups in total. The van der Waals surface area contributed by atoms with Gasteiger partial charge in [-0.15, -0.1) is 0 Å². The van der Waals surface area contributed by atoms with E-state index in [-0.39, 0.29) is 11.7 Å². The van der Waals surface area contributed by atoms with E-state index in [4.69, 9.17) is 9.47 Å². The molecule has 3 rings (SSSR count). The molecule has 0 saturated carbocycles. The lowest BCUT2D eigenvalue weighted by Crippen LogP contribution is -2.44. The van der Waals surface area contributed by atoms with Crippen molar-refractivity contribution < 1.29 is 17.9 Å². The summed E-state index contributed by atoms with van der Waals surface area (Å²) in [6.07, 6.45) is 0.795. The number of nitrogens with one attached hydrogen (secondary N) is 2. The third-order valence-corrected chi connectivity index (χ3v) is 5.27. The smallest absolute Gasteiger partial charge is 0.240 e. The predicted molar refractivity (Wildman–Crippen MR) is 81.7 cm³/mol. The van der Waals surface area contributed by atoms with Gasteiger partial charge in [-0.3, -0.25) is 0 Å². The van der Waals surface area contributed by atoms with Crippen molar-refractivity contribution in [2.45, 2.75) is 11.3 Å². The molecule has 0 unspecified atom stereocenters. The number of ether oxygens (including phenoxy) is 2. The summed E-state index contributed by atoms with van der Waals surface area (Å²) in [4.78, 5) is 2.55. The van der Waals surface area contributed by atoms with E-state index in [9.17, 15) is 8.42 Å². The molecule has 122 valence electrons. The van der Waals surface area contributed by atoms with Crippen molar-refractivity contribution in [1.82, 2.24) is 14.9 Å². The van der Waals surface area contributed by atoms with Crippen LogP contribution in [0.1, 0.15) is 6.42 Å². The lowest BCUT2D eigenvalue weighted by molar-refractivity contribution is 0.174. The average molecular weight is 327 g/mol. The number of hydrogen-bond acceptors (Lipinski definition) is 6. The van der Waals surface area contributed by atoms with Crippen molar-refractivity contribution in [2.24, 2.45) is 0 Å². The van der Waals surface area contributed by atoms with E-state index in [1.165, 1.54) is 12.1 Å². The molecule has 2 aliphatic rings. The molecule has 0 amide bonds. The highest BCUT2D eigenvalue weighted by Crippen LogP contribution is 2.33. The average Bonchev–Trinajstić information content (AvgIpc) is 3.00. The summed E-state index contributed by atoms with van der Waals surface area (Å²) < 4.78 is 37.5. The standard InChI is InChI=1S/C14H21N3O4S/c18-22(19,12-2-3-13-14(10-12)21-11-20-13)16-4-1-7-17-8-5-15-6-9-17/h2-3,10,15-16H,1,4-9,11H2. The Bertz CT molecular complexity index is 615. The van der Waals surface area contributed by atoms with Gasteiger partial charge in [-0.2, -0.15) is 0 Å². The summed E-state index contributed by atoms with van der Waals surface area (Å²) in [6.45, 7) is 5.53. The minimum absolute atomic E-state index is 0.136. The van der Waals surface area contributed by atoms with Gasteiger partial charge in [0, 0.05) is 38.8 Å². The van der Waals surface area contributed by atoms with Crippen molar-refractivity contribution in [2.75, 3.05) is 46.1 Å². The first kappa shape index (κ1) is 15.5. The van der Waals surface area contributed by atoms with E-state index in [1.54, 1.807) is 6.07 Å². The van der Waals surface area contributed by atoms with Crippen LogP contribution in [0.5, 0.6) is 11.5 Å². The Morgan fingerprint density at radius 3 is 2.77 bits per heavy atom. The van der Waals surface area contributed by atoms with Crippen molar-refractivity contribution in [3.63, 3.8) is 0 Å². The Morgan fingerprint density at radius 2 is 1.95 bits per heavy atom. The van der Waals surface area contributed by atoms with Crippen LogP contribution in [0.25, 0.3) is 0 Å². The number of sulfonamides is 1. The molecular formula is C14H21N3O4S. The van der Waals surface area contributed by atoms with Gasteiger partial charge in [0.05, 0.1) is 4.90 Å². The number of nitrogens with zero attached hydrogens (tertiary/aromatic N) is 1. The highest BCUT2D eigenvalue weighted by atomic mass is 32.2. The van der Waals surface area contributed by atoms with Gasteiger partial charge < -0.3 is 19.7 Å². The van der Waals surface area contributed by atoms with E-state index in [0.717, 1.165) is 39.1 Å². The lowest BCUT2D eigenvalue weighted by Gasteiger charge is -2.27. The maximum Gasteiger partial charge on any atom is 0.240 e. The largest absolute Gasteiger partial charge is 0.454 e. The fourth-order valence-electron chi connectivity index (χ4n) is 2.57. The molecule has 7 nitrogen and oxygen atoms in total. The number of fused-ring (bicyclic) bond motifs is 1. The van der Waals surface area contributed by atoms with Crippen LogP contribution in [-0.2, 0) is 10.0 Å². The zero-order valence-electron chi connectivity index (χ0n) is 12.4. The first-order valence-electron chi connectivity index (χ1n) is 7.47. The third kappa shape index (κ3) is 3.70. The first-order valence-corrected chi connectivity index (χ1v) is 8.96. The second-order valence-corrected chi connectivity index (χ2v) is 7.12. The molecule has 0 atom stereocenters. The van der Waals surface area contributed by atoms with Crippen molar-refractivity contribution >= 4 is 10.0 Å². The molecule has 0 spiro atoms. The number of rotatable bonds is 6. The second-order valence-electron chi connectivity index (χ2n) is 5.36. The molecule has 1 saturated heterocycles. The van der Waals surface area contributed by atoms with Gasteiger partial charge in [0.15, 0.2) is 11.5 Å². The molecule has 1 aromatic rings. The SMILES string of the molecule is O=S(=O)(NCCCN1CCNCC1)c1ccc2c(c1)OCO2. The Morgan fingerprint density at radius 1 is 1.18 bits per heavy atom. The third-order valence-electron chi connectivity index (χ3n) is 3.81. The molecule has 0 bridgehead atoms. The van der Waals surface area contributed by atoms with Crippen molar-refractivity contribution in [3.8, 4) is 11.5 Å². The van der Waals surface area contributed by atoms with E-state index in [0.29, 0.717) is 18.0 Å². The Kier molecular flexibility index (Phi) is 4.82. The molecule has 2 aliphatic heterocycles. The van der Waals surface area contributed by atoms with Crippen LogP contribution in [0, 0.1) is 0 Å². The van der Waals surface area contributed by atoms with Crippen LogP contribution in [-0.4, -0.2) is 59.4 Å². The molecule has 1 aromatic carbocycles. The molecule has 1 fully saturated rings. The van der Waals surface area contributed by atoms with E-state index in [2.05, 4.69) is 14.9 Å². The number of benzene rings is 1. The van der Waals surface area contributed by atoms with E-state index < -0.39 is 10.0 Å². The summed E-state index contributed by atoms with van der Waals surface area (Å²) in [5.41, 5.74) is 0. The zero-order chi connectivity index (χ0) is 15.4. The maximum absolute atomic E-state index is 12.3. The van der Waals surface area contributed by atoms with Gasteiger partial charge >= 0.3 is 0 Å². The van der Waals surface area contributed by atoms with Crippen LogP contribution >= 0.6 is 0 Å². The minimum Gasteiger partial charge on any atom is -0.454 e. The van der Waals surface area contributed by atoms with Crippen LogP contribution in [0.4, 0.5) is 0 Å². The Hall–Kier alpha value is -1.35. The molecule has 2 heterocycles. The van der Waals surface area contributed by atoms with E-state index in [1.807, 2.05) is 0 Å². The van der Waals surface area contributed by atoms with Crippen LogP contribution < -0.4 is 19.5 Å².